The van der Waals surface area contributed by atoms with Crippen molar-refractivity contribution in [1.29, 1.82) is 0 Å². The summed E-state index contributed by atoms with van der Waals surface area (Å²) in [5.41, 5.74) is 1.13. The van der Waals surface area contributed by atoms with E-state index < -0.39 is 0 Å². The average molecular weight is 299 g/mol. The van der Waals surface area contributed by atoms with E-state index in [-0.39, 0.29) is 24.4 Å². The normalized spacial score (nSPS) is 17.9. The molecule has 1 aromatic rings. The fourth-order valence-corrected chi connectivity index (χ4v) is 2.43. The van der Waals surface area contributed by atoms with Gasteiger partial charge in [0.25, 0.3) is 0 Å². The number of carbonyl (C=O) groups excluding carboxylic acids is 1. The van der Waals surface area contributed by atoms with Gasteiger partial charge in [-0.1, -0.05) is 24.6 Å². The third-order valence-electron chi connectivity index (χ3n) is 3.51. The average Bonchev–Trinajstić information content (AvgIpc) is 2.48. The van der Waals surface area contributed by atoms with Crippen molar-refractivity contribution in [3.63, 3.8) is 0 Å². The van der Waals surface area contributed by atoms with Gasteiger partial charge >= 0.3 is 0 Å². The quantitative estimate of drug-likeness (QED) is 0.873. The van der Waals surface area contributed by atoms with Gasteiger partial charge < -0.3 is 15.4 Å². The summed E-state index contributed by atoms with van der Waals surface area (Å²) in [5, 5.41) is 6.25. The second-order valence-electron chi connectivity index (χ2n) is 4.86. The lowest BCUT2D eigenvalue weighted by Gasteiger charge is -2.22. The molecule has 2 N–H and O–H groups in total. The van der Waals surface area contributed by atoms with Crippen molar-refractivity contribution < 1.29 is 9.53 Å². The number of rotatable bonds is 5. The van der Waals surface area contributed by atoms with Crippen LogP contribution in [0.2, 0.25) is 0 Å². The molecule has 1 heterocycles. The highest BCUT2D eigenvalue weighted by Crippen LogP contribution is 2.17. The van der Waals surface area contributed by atoms with E-state index in [2.05, 4.69) is 10.6 Å². The first-order valence-electron chi connectivity index (χ1n) is 6.94. The Morgan fingerprint density at radius 3 is 2.90 bits per heavy atom. The van der Waals surface area contributed by atoms with Gasteiger partial charge in [0, 0.05) is 6.54 Å². The second kappa shape index (κ2) is 8.82. The molecular formula is C15H23ClN2O2. The number of ether oxygens (including phenoxy) is 1. The summed E-state index contributed by atoms with van der Waals surface area (Å²) in [6.45, 7) is 1.60. The zero-order valence-electron chi connectivity index (χ0n) is 11.9. The van der Waals surface area contributed by atoms with Gasteiger partial charge in [-0.05, 0) is 37.4 Å². The van der Waals surface area contributed by atoms with Gasteiger partial charge in [-0.25, -0.2) is 0 Å². The predicted octanol–water partition coefficient (Wildman–Crippen LogP) is 1.92. The van der Waals surface area contributed by atoms with Crippen molar-refractivity contribution >= 4 is 18.3 Å². The lowest BCUT2D eigenvalue weighted by atomic mass is 10.0. The Kier molecular flexibility index (Phi) is 7.41. The van der Waals surface area contributed by atoms with E-state index in [1.54, 1.807) is 7.11 Å². The summed E-state index contributed by atoms with van der Waals surface area (Å²) in [4.78, 5) is 11.9. The number of amides is 1. The highest BCUT2D eigenvalue weighted by molar-refractivity contribution is 5.85. The number of carbonyl (C=O) groups is 1. The van der Waals surface area contributed by atoms with Crippen LogP contribution in [0.15, 0.2) is 24.3 Å². The molecule has 1 fully saturated rings. The molecule has 0 aliphatic carbocycles. The highest BCUT2D eigenvalue weighted by Gasteiger charge is 2.19. The smallest absolute Gasteiger partial charge is 0.237 e. The van der Waals surface area contributed by atoms with Crippen LogP contribution in [0.1, 0.15) is 24.8 Å². The SMILES string of the molecule is COc1ccccc1CCNC(=O)[C@@H]1CCCCN1.Cl. The number of halogens is 1. The van der Waals surface area contributed by atoms with Crippen molar-refractivity contribution in [3.05, 3.63) is 29.8 Å². The Labute approximate surface area is 126 Å². The number of hydrogen-bond acceptors (Lipinski definition) is 3. The maximum absolute atomic E-state index is 11.9. The van der Waals surface area contributed by atoms with E-state index in [0.29, 0.717) is 6.54 Å². The van der Waals surface area contributed by atoms with Crippen LogP contribution in [-0.2, 0) is 11.2 Å². The monoisotopic (exact) mass is 298 g/mol. The van der Waals surface area contributed by atoms with Crippen molar-refractivity contribution in [2.24, 2.45) is 0 Å². The molecule has 4 nitrogen and oxygen atoms in total. The minimum atomic E-state index is -0.00795. The number of methoxy groups -OCH3 is 1. The molecule has 0 spiro atoms. The molecule has 20 heavy (non-hydrogen) atoms. The summed E-state index contributed by atoms with van der Waals surface area (Å²) < 4.78 is 5.29. The minimum absolute atomic E-state index is 0. The summed E-state index contributed by atoms with van der Waals surface area (Å²) in [6, 6.07) is 7.91. The molecule has 5 heteroatoms. The van der Waals surface area contributed by atoms with Crippen LogP contribution in [0, 0.1) is 0 Å². The van der Waals surface area contributed by atoms with Crippen LogP contribution in [0.3, 0.4) is 0 Å². The number of benzene rings is 1. The summed E-state index contributed by atoms with van der Waals surface area (Å²) in [5.74, 6) is 1.00. The van der Waals surface area contributed by atoms with Crippen LogP contribution in [0.25, 0.3) is 0 Å². The zero-order valence-corrected chi connectivity index (χ0v) is 12.7. The van der Waals surface area contributed by atoms with Crippen molar-refractivity contribution in [2.45, 2.75) is 31.7 Å². The van der Waals surface area contributed by atoms with Crippen LogP contribution >= 0.6 is 12.4 Å². The molecule has 2 rings (SSSR count). The lowest BCUT2D eigenvalue weighted by Crippen LogP contribution is -2.47. The first-order valence-corrected chi connectivity index (χ1v) is 6.94. The van der Waals surface area contributed by atoms with E-state index in [1.807, 2.05) is 24.3 Å². The first kappa shape index (κ1) is 16.8. The molecule has 1 amide bonds. The lowest BCUT2D eigenvalue weighted by molar-refractivity contribution is -0.123. The van der Waals surface area contributed by atoms with E-state index >= 15 is 0 Å². The Morgan fingerprint density at radius 2 is 2.20 bits per heavy atom. The van der Waals surface area contributed by atoms with Gasteiger partial charge in [0.15, 0.2) is 0 Å². The standard InChI is InChI=1S/C15H22N2O2.ClH/c1-19-14-8-3-2-6-12(14)9-11-17-15(18)13-7-4-5-10-16-13;/h2-3,6,8,13,16H,4-5,7,9-11H2,1H3,(H,17,18);1H/t13-;/m0./s1. The number of nitrogens with one attached hydrogen (secondary N) is 2. The van der Waals surface area contributed by atoms with E-state index in [9.17, 15) is 4.79 Å². The summed E-state index contributed by atoms with van der Waals surface area (Å²) in [7, 11) is 1.67. The Morgan fingerprint density at radius 1 is 1.40 bits per heavy atom. The molecule has 1 aliphatic heterocycles. The Bertz CT molecular complexity index is 420. The van der Waals surface area contributed by atoms with Crippen LogP contribution in [0.5, 0.6) is 5.75 Å². The maximum atomic E-state index is 11.9. The van der Waals surface area contributed by atoms with Gasteiger partial charge in [0.2, 0.25) is 5.91 Å². The third kappa shape index (κ3) is 4.69. The Balaban J connectivity index is 0.00000200. The number of hydrogen-bond donors (Lipinski definition) is 2. The summed E-state index contributed by atoms with van der Waals surface area (Å²) >= 11 is 0. The molecule has 1 saturated heterocycles. The van der Waals surface area contributed by atoms with Crippen LogP contribution < -0.4 is 15.4 Å². The van der Waals surface area contributed by atoms with E-state index in [4.69, 9.17) is 4.74 Å². The van der Waals surface area contributed by atoms with Gasteiger partial charge in [-0.3, -0.25) is 4.79 Å². The largest absolute Gasteiger partial charge is 0.496 e. The third-order valence-corrected chi connectivity index (χ3v) is 3.51. The van der Waals surface area contributed by atoms with Gasteiger partial charge in [0.05, 0.1) is 13.2 Å². The van der Waals surface area contributed by atoms with Crippen LogP contribution in [-0.4, -0.2) is 32.1 Å². The molecule has 0 unspecified atom stereocenters. The van der Waals surface area contributed by atoms with Crippen molar-refractivity contribution in [1.82, 2.24) is 10.6 Å². The molecule has 1 atom stereocenters. The fraction of sp³-hybridized carbons (Fsp3) is 0.533. The van der Waals surface area contributed by atoms with Crippen molar-refractivity contribution in [3.8, 4) is 5.75 Å². The van der Waals surface area contributed by atoms with E-state index in [0.717, 1.165) is 37.1 Å². The molecule has 0 bridgehead atoms. The molecule has 0 radical (unpaired) electrons. The maximum Gasteiger partial charge on any atom is 0.237 e. The van der Waals surface area contributed by atoms with Crippen LogP contribution in [0.4, 0.5) is 0 Å². The Hall–Kier alpha value is -1.26. The van der Waals surface area contributed by atoms with Gasteiger partial charge in [-0.15, -0.1) is 12.4 Å². The minimum Gasteiger partial charge on any atom is -0.496 e. The number of para-hydroxylation sites is 1. The zero-order chi connectivity index (χ0) is 13.5. The molecular weight excluding hydrogens is 276 g/mol. The number of piperidine rings is 1. The van der Waals surface area contributed by atoms with Gasteiger partial charge in [0.1, 0.15) is 5.75 Å². The second-order valence-corrected chi connectivity index (χ2v) is 4.86. The highest BCUT2D eigenvalue weighted by atomic mass is 35.5. The summed E-state index contributed by atoms with van der Waals surface area (Å²) in [6.07, 6.45) is 4.05. The van der Waals surface area contributed by atoms with Crippen molar-refractivity contribution in [2.75, 3.05) is 20.2 Å². The molecule has 112 valence electrons. The van der Waals surface area contributed by atoms with Gasteiger partial charge in [-0.2, -0.15) is 0 Å². The molecule has 1 aromatic carbocycles. The predicted molar refractivity (Wildman–Crippen MR) is 82.6 cm³/mol. The topological polar surface area (TPSA) is 50.4 Å². The molecule has 0 aromatic heterocycles. The first-order chi connectivity index (χ1) is 9.31. The molecule has 0 saturated carbocycles. The van der Waals surface area contributed by atoms with E-state index in [1.165, 1.54) is 6.42 Å². The fourth-order valence-electron chi connectivity index (χ4n) is 2.43. The molecule has 1 aliphatic rings.